The third-order valence-electron chi connectivity index (χ3n) is 4.72. The van der Waals surface area contributed by atoms with Gasteiger partial charge in [0.25, 0.3) is 0 Å². The van der Waals surface area contributed by atoms with Gasteiger partial charge in [0.2, 0.25) is 0 Å². The SMILES string of the molecule is CCNC(=NCCCCn1cnnc1)N1CCN(c2cc(F)ccc2F)CC1.I. The van der Waals surface area contributed by atoms with Gasteiger partial charge in [0, 0.05) is 51.9 Å². The first kappa shape index (κ1) is 23.3. The zero-order valence-corrected chi connectivity index (χ0v) is 18.9. The third kappa shape index (κ3) is 6.79. The first-order valence-electron chi connectivity index (χ1n) is 9.73. The number of benzene rings is 1. The second-order valence-corrected chi connectivity index (χ2v) is 6.71. The predicted octanol–water partition coefficient (Wildman–Crippen LogP) is 2.74. The Labute approximate surface area is 187 Å². The molecule has 0 radical (unpaired) electrons. The summed E-state index contributed by atoms with van der Waals surface area (Å²) in [5, 5.41) is 10.9. The van der Waals surface area contributed by atoms with Crippen LogP contribution in [0.5, 0.6) is 0 Å². The van der Waals surface area contributed by atoms with Gasteiger partial charge in [-0.05, 0) is 31.9 Å². The van der Waals surface area contributed by atoms with Gasteiger partial charge >= 0.3 is 0 Å². The minimum atomic E-state index is -0.416. The van der Waals surface area contributed by atoms with Crippen LogP contribution in [0.2, 0.25) is 0 Å². The minimum Gasteiger partial charge on any atom is -0.366 e. The molecule has 1 N–H and O–H groups in total. The number of nitrogens with one attached hydrogen (secondary N) is 1. The van der Waals surface area contributed by atoms with E-state index in [0.717, 1.165) is 44.5 Å². The Hall–Kier alpha value is -1.98. The summed E-state index contributed by atoms with van der Waals surface area (Å²) in [5.74, 6) is 0.0786. The van der Waals surface area contributed by atoms with Gasteiger partial charge in [-0.1, -0.05) is 0 Å². The molecule has 1 aliphatic rings. The highest BCUT2D eigenvalue weighted by Gasteiger charge is 2.21. The second kappa shape index (κ2) is 11.9. The summed E-state index contributed by atoms with van der Waals surface area (Å²) in [6.45, 7) is 7.13. The second-order valence-electron chi connectivity index (χ2n) is 6.71. The summed E-state index contributed by atoms with van der Waals surface area (Å²) >= 11 is 0. The summed E-state index contributed by atoms with van der Waals surface area (Å²) in [6.07, 6.45) is 5.41. The van der Waals surface area contributed by atoms with Gasteiger partial charge in [0.15, 0.2) is 5.96 Å². The smallest absolute Gasteiger partial charge is 0.194 e. The van der Waals surface area contributed by atoms with Crippen LogP contribution in [0, 0.1) is 11.6 Å². The van der Waals surface area contributed by atoms with Gasteiger partial charge in [-0.2, -0.15) is 0 Å². The Morgan fingerprint density at radius 1 is 1.10 bits per heavy atom. The molecule has 160 valence electrons. The standard InChI is InChI=1S/C19H27F2N7.HI/c1-2-22-19(23-7-3-4-8-26-14-24-25-15-26)28-11-9-27(10-12-28)18-13-16(20)5-6-17(18)21;/h5-6,13-15H,2-4,7-12H2,1H3,(H,22,23);1H. The topological polar surface area (TPSA) is 61.6 Å². The molecule has 0 atom stereocenters. The van der Waals surface area contributed by atoms with Crippen molar-refractivity contribution in [2.75, 3.05) is 44.2 Å². The molecular weight excluding hydrogens is 491 g/mol. The molecule has 7 nitrogen and oxygen atoms in total. The van der Waals surface area contributed by atoms with E-state index in [2.05, 4.69) is 20.4 Å². The monoisotopic (exact) mass is 519 g/mol. The van der Waals surface area contributed by atoms with Crippen LogP contribution in [-0.2, 0) is 6.54 Å². The molecule has 10 heteroatoms. The summed E-state index contributed by atoms with van der Waals surface area (Å²) in [6, 6.07) is 3.59. The fraction of sp³-hybridized carbons (Fsp3) is 0.526. The molecule has 0 amide bonds. The molecule has 2 aromatic rings. The average Bonchev–Trinajstić information content (AvgIpc) is 3.22. The Bertz CT molecular complexity index is 762. The van der Waals surface area contributed by atoms with Crippen molar-refractivity contribution in [1.29, 1.82) is 0 Å². The lowest BCUT2D eigenvalue weighted by atomic mass is 10.2. The van der Waals surface area contributed by atoms with E-state index in [9.17, 15) is 8.78 Å². The van der Waals surface area contributed by atoms with Crippen molar-refractivity contribution in [3.63, 3.8) is 0 Å². The molecular formula is C19H28F2IN7. The van der Waals surface area contributed by atoms with Crippen molar-refractivity contribution in [1.82, 2.24) is 25.0 Å². The Kier molecular flexibility index (Phi) is 9.55. The van der Waals surface area contributed by atoms with Crippen molar-refractivity contribution < 1.29 is 8.78 Å². The minimum absolute atomic E-state index is 0. The number of hydrogen-bond donors (Lipinski definition) is 1. The third-order valence-corrected chi connectivity index (χ3v) is 4.72. The van der Waals surface area contributed by atoms with E-state index in [0.29, 0.717) is 31.9 Å². The van der Waals surface area contributed by atoms with Crippen LogP contribution in [0.3, 0.4) is 0 Å². The largest absolute Gasteiger partial charge is 0.366 e. The molecule has 1 aromatic carbocycles. The van der Waals surface area contributed by atoms with E-state index in [1.54, 1.807) is 12.7 Å². The zero-order valence-electron chi connectivity index (χ0n) is 16.6. The van der Waals surface area contributed by atoms with E-state index >= 15 is 0 Å². The molecule has 0 saturated carbocycles. The van der Waals surface area contributed by atoms with Gasteiger partial charge in [0.1, 0.15) is 24.3 Å². The number of hydrogen-bond acceptors (Lipinski definition) is 4. The van der Waals surface area contributed by atoms with Crippen molar-refractivity contribution in [3.05, 3.63) is 42.5 Å². The van der Waals surface area contributed by atoms with Crippen molar-refractivity contribution in [2.24, 2.45) is 4.99 Å². The van der Waals surface area contributed by atoms with E-state index in [4.69, 9.17) is 4.99 Å². The maximum atomic E-state index is 14.0. The molecule has 0 aliphatic carbocycles. The number of rotatable bonds is 7. The molecule has 1 aliphatic heterocycles. The highest BCUT2D eigenvalue weighted by atomic mass is 127. The summed E-state index contributed by atoms with van der Waals surface area (Å²) < 4.78 is 29.4. The molecule has 3 rings (SSSR count). The molecule has 1 saturated heterocycles. The lowest BCUT2D eigenvalue weighted by Crippen LogP contribution is -2.52. The highest BCUT2D eigenvalue weighted by molar-refractivity contribution is 14.0. The number of unbranched alkanes of at least 4 members (excludes halogenated alkanes) is 1. The fourth-order valence-corrected chi connectivity index (χ4v) is 3.24. The highest BCUT2D eigenvalue weighted by Crippen LogP contribution is 2.21. The number of halogens is 3. The lowest BCUT2D eigenvalue weighted by molar-refractivity contribution is 0.370. The van der Waals surface area contributed by atoms with Crippen molar-refractivity contribution in [3.8, 4) is 0 Å². The van der Waals surface area contributed by atoms with Gasteiger partial charge in [-0.3, -0.25) is 4.99 Å². The summed E-state index contributed by atoms with van der Waals surface area (Å²) in [5.41, 5.74) is 0.329. The van der Waals surface area contributed by atoms with E-state index < -0.39 is 5.82 Å². The molecule has 1 fully saturated rings. The van der Waals surface area contributed by atoms with Gasteiger partial charge in [0.05, 0.1) is 5.69 Å². The maximum Gasteiger partial charge on any atom is 0.194 e. The average molecular weight is 519 g/mol. The number of guanidine groups is 1. The number of anilines is 1. The number of aryl methyl sites for hydroxylation is 1. The normalized spacial score (nSPS) is 14.7. The van der Waals surface area contributed by atoms with Gasteiger partial charge < -0.3 is 19.7 Å². The van der Waals surface area contributed by atoms with Crippen LogP contribution < -0.4 is 10.2 Å². The van der Waals surface area contributed by atoms with Gasteiger partial charge in [-0.25, -0.2) is 8.78 Å². The van der Waals surface area contributed by atoms with Crippen LogP contribution in [0.4, 0.5) is 14.5 Å². The van der Waals surface area contributed by atoms with Crippen molar-refractivity contribution in [2.45, 2.75) is 26.3 Å². The number of aliphatic imine (C=N–C) groups is 1. The van der Waals surface area contributed by atoms with Crippen LogP contribution in [0.1, 0.15) is 19.8 Å². The first-order chi connectivity index (χ1) is 13.7. The summed E-state index contributed by atoms with van der Waals surface area (Å²) in [7, 11) is 0. The van der Waals surface area contributed by atoms with Crippen LogP contribution in [-0.4, -0.2) is 64.9 Å². The van der Waals surface area contributed by atoms with Crippen LogP contribution >= 0.6 is 24.0 Å². The molecule has 0 bridgehead atoms. The lowest BCUT2D eigenvalue weighted by Gasteiger charge is -2.37. The van der Waals surface area contributed by atoms with Gasteiger partial charge in [-0.15, -0.1) is 34.2 Å². The molecule has 1 aromatic heterocycles. The first-order valence-corrected chi connectivity index (χ1v) is 9.73. The quantitative estimate of drug-likeness (QED) is 0.264. The Morgan fingerprint density at radius 3 is 2.52 bits per heavy atom. The van der Waals surface area contributed by atoms with E-state index in [1.807, 2.05) is 16.4 Å². The van der Waals surface area contributed by atoms with Crippen LogP contribution in [0.25, 0.3) is 0 Å². The number of nitrogens with zero attached hydrogens (tertiary/aromatic N) is 6. The molecule has 0 spiro atoms. The zero-order chi connectivity index (χ0) is 19.8. The molecule has 29 heavy (non-hydrogen) atoms. The van der Waals surface area contributed by atoms with Crippen LogP contribution in [0.15, 0.2) is 35.8 Å². The summed E-state index contributed by atoms with van der Waals surface area (Å²) in [4.78, 5) is 8.79. The van der Waals surface area contributed by atoms with Crippen molar-refractivity contribution >= 4 is 35.6 Å². The molecule has 0 unspecified atom stereocenters. The van der Waals surface area contributed by atoms with E-state index in [1.165, 1.54) is 12.1 Å². The molecule has 2 heterocycles. The Balaban J connectivity index is 0.00000300. The number of aromatic nitrogens is 3. The predicted molar refractivity (Wildman–Crippen MR) is 121 cm³/mol. The Morgan fingerprint density at radius 2 is 1.83 bits per heavy atom. The maximum absolute atomic E-state index is 14.0. The van der Waals surface area contributed by atoms with E-state index in [-0.39, 0.29) is 29.8 Å². The number of piperazine rings is 1. The fourth-order valence-electron chi connectivity index (χ4n) is 3.24.